The van der Waals surface area contributed by atoms with Gasteiger partial charge in [0.05, 0.1) is 6.61 Å². The number of carbonyl (C=O) groups excluding carboxylic acids is 2. The largest absolute Gasteiger partial charge is 0.465 e. The molecule has 1 N–H and O–H groups in total. The lowest BCUT2D eigenvalue weighted by molar-refractivity contribution is -0.143. The molecule has 1 rings (SSSR count). The van der Waals surface area contributed by atoms with Crippen molar-refractivity contribution in [2.75, 3.05) is 25.0 Å². The molecule has 0 heterocycles. The summed E-state index contributed by atoms with van der Waals surface area (Å²) in [6.45, 7) is 7.54. The first-order valence-electron chi connectivity index (χ1n) is 6.56. The molecule has 0 aliphatic heterocycles. The minimum atomic E-state index is -0.462. The van der Waals surface area contributed by atoms with E-state index in [0.717, 1.165) is 5.56 Å². The molecule has 5 nitrogen and oxygen atoms in total. The predicted octanol–water partition coefficient (Wildman–Crippen LogP) is 3.23. The van der Waals surface area contributed by atoms with Crippen LogP contribution in [0.5, 0.6) is 0 Å². The lowest BCUT2D eigenvalue weighted by atomic mass is 10.2. The summed E-state index contributed by atoms with van der Waals surface area (Å²) in [7, 11) is 0. The summed E-state index contributed by atoms with van der Waals surface area (Å²) in [5.74, 6) is -0.462. The van der Waals surface area contributed by atoms with Crippen LogP contribution in [0.4, 0.5) is 10.5 Å². The fourth-order valence-electron chi connectivity index (χ4n) is 1.61. The second-order valence-electron chi connectivity index (χ2n) is 4.37. The number of nitrogens with one attached hydrogen (secondary N) is 1. The van der Waals surface area contributed by atoms with Gasteiger partial charge in [-0.25, -0.2) is 4.79 Å². The van der Waals surface area contributed by atoms with Gasteiger partial charge in [0, 0.05) is 17.3 Å². The Labute approximate surface area is 129 Å². The lowest BCUT2D eigenvalue weighted by Crippen LogP contribution is -2.39. The summed E-state index contributed by atoms with van der Waals surface area (Å²) in [5.41, 5.74) is 1.48. The second kappa shape index (κ2) is 8.32. The van der Waals surface area contributed by atoms with E-state index in [1.165, 1.54) is 4.90 Å². The van der Waals surface area contributed by atoms with E-state index in [-0.39, 0.29) is 19.7 Å². The van der Waals surface area contributed by atoms with E-state index in [2.05, 4.69) is 11.9 Å². The van der Waals surface area contributed by atoms with Crippen LogP contribution in [0.15, 0.2) is 30.9 Å². The Kier molecular flexibility index (Phi) is 6.75. The number of ether oxygens (including phenoxy) is 1. The lowest BCUT2D eigenvalue weighted by Gasteiger charge is -2.20. The van der Waals surface area contributed by atoms with Gasteiger partial charge in [0.15, 0.2) is 0 Å². The fourth-order valence-corrected chi connectivity index (χ4v) is 1.79. The van der Waals surface area contributed by atoms with Crippen LogP contribution in [0.3, 0.4) is 0 Å². The fraction of sp³-hybridized carbons (Fsp3) is 0.333. The minimum absolute atomic E-state index is 0.134. The molecule has 0 unspecified atom stereocenters. The maximum absolute atomic E-state index is 12.2. The summed E-state index contributed by atoms with van der Waals surface area (Å²) in [5, 5.41) is 3.25. The highest BCUT2D eigenvalue weighted by Crippen LogP contribution is 2.20. The number of rotatable bonds is 6. The zero-order valence-electron chi connectivity index (χ0n) is 12.2. The van der Waals surface area contributed by atoms with Gasteiger partial charge in [-0.1, -0.05) is 23.7 Å². The zero-order valence-corrected chi connectivity index (χ0v) is 12.9. The molecule has 21 heavy (non-hydrogen) atoms. The molecule has 0 spiro atoms. The average Bonchev–Trinajstić information content (AvgIpc) is 2.42. The van der Waals surface area contributed by atoms with E-state index < -0.39 is 12.0 Å². The number of amides is 2. The third-order valence-electron chi connectivity index (χ3n) is 2.69. The quantitative estimate of drug-likeness (QED) is 0.648. The Balaban J connectivity index is 2.73. The summed E-state index contributed by atoms with van der Waals surface area (Å²) in [6, 6.07) is 4.80. The molecule has 114 valence electrons. The van der Waals surface area contributed by atoms with E-state index >= 15 is 0 Å². The Morgan fingerprint density at radius 3 is 2.76 bits per heavy atom. The first kappa shape index (κ1) is 17.0. The Morgan fingerprint density at radius 2 is 2.19 bits per heavy atom. The van der Waals surface area contributed by atoms with Crippen molar-refractivity contribution in [2.24, 2.45) is 0 Å². The SMILES string of the molecule is C=CCN(CC(=O)OCC)C(=O)Nc1ccc(C)c(Cl)c1. The number of carbonyl (C=O) groups is 2. The highest BCUT2D eigenvalue weighted by molar-refractivity contribution is 6.31. The van der Waals surface area contributed by atoms with Gasteiger partial charge in [0.1, 0.15) is 6.54 Å². The molecule has 0 radical (unpaired) electrons. The van der Waals surface area contributed by atoms with Gasteiger partial charge in [-0.3, -0.25) is 4.79 Å². The number of hydrogen-bond acceptors (Lipinski definition) is 3. The Morgan fingerprint density at radius 1 is 1.48 bits per heavy atom. The van der Waals surface area contributed by atoms with Crippen LogP contribution in [0.1, 0.15) is 12.5 Å². The summed E-state index contributed by atoms with van der Waals surface area (Å²) in [6.07, 6.45) is 1.54. The molecule has 0 aliphatic rings. The van der Waals surface area contributed by atoms with Crippen LogP contribution in [-0.2, 0) is 9.53 Å². The third-order valence-corrected chi connectivity index (χ3v) is 3.09. The van der Waals surface area contributed by atoms with E-state index in [9.17, 15) is 9.59 Å². The van der Waals surface area contributed by atoms with Gasteiger partial charge in [-0.05, 0) is 31.5 Å². The van der Waals surface area contributed by atoms with Crippen molar-refractivity contribution in [3.05, 3.63) is 41.4 Å². The number of urea groups is 1. The van der Waals surface area contributed by atoms with Gasteiger partial charge < -0.3 is 15.0 Å². The van der Waals surface area contributed by atoms with Crippen molar-refractivity contribution in [3.8, 4) is 0 Å². The Bertz CT molecular complexity index is 532. The van der Waals surface area contributed by atoms with E-state index in [1.807, 2.05) is 6.92 Å². The van der Waals surface area contributed by atoms with Crippen molar-refractivity contribution in [3.63, 3.8) is 0 Å². The molecule has 1 aromatic carbocycles. The first-order chi connectivity index (χ1) is 9.97. The molecule has 6 heteroatoms. The van der Waals surface area contributed by atoms with E-state index in [1.54, 1.807) is 31.2 Å². The van der Waals surface area contributed by atoms with Crippen LogP contribution in [0.25, 0.3) is 0 Å². The van der Waals surface area contributed by atoms with Crippen molar-refractivity contribution in [1.82, 2.24) is 4.90 Å². The minimum Gasteiger partial charge on any atom is -0.465 e. The number of halogens is 1. The van der Waals surface area contributed by atoms with E-state index in [0.29, 0.717) is 10.7 Å². The molecule has 0 fully saturated rings. The predicted molar refractivity (Wildman–Crippen MR) is 83.6 cm³/mol. The monoisotopic (exact) mass is 310 g/mol. The number of hydrogen-bond donors (Lipinski definition) is 1. The maximum atomic E-state index is 12.2. The Hall–Kier alpha value is -2.01. The molecule has 0 aliphatic carbocycles. The highest BCUT2D eigenvalue weighted by Gasteiger charge is 2.17. The van der Waals surface area contributed by atoms with Gasteiger partial charge in [0.25, 0.3) is 0 Å². The van der Waals surface area contributed by atoms with Crippen LogP contribution in [0.2, 0.25) is 5.02 Å². The van der Waals surface area contributed by atoms with Gasteiger partial charge >= 0.3 is 12.0 Å². The van der Waals surface area contributed by atoms with Crippen LogP contribution in [0, 0.1) is 6.92 Å². The molecule has 0 saturated carbocycles. The van der Waals surface area contributed by atoms with Crippen LogP contribution >= 0.6 is 11.6 Å². The number of benzene rings is 1. The van der Waals surface area contributed by atoms with E-state index in [4.69, 9.17) is 16.3 Å². The molecule has 0 bridgehead atoms. The standard InChI is InChI=1S/C15H19ClN2O3/c1-4-8-18(10-14(19)21-5-2)15(20)17-12-7-6-11(3)13(16)9-12/h4,6-7,9H,1,5,8,10H2,2-3H3,(H,17,20). The van der Waals surface area contributed by atoms with Crippen LogP contribution < -0.4 is 5.32 Å². The van der Waals surface area contributed by atoms with Crippen molar-refractivity contribution < 1.29 is 14.3 Å². The van der Waals surface area contributed by atoms with Crippen molar-refractivity contribution in [2.45, 2.75) is 13.8 Å². The molecular formula is C15H19ClN2O3. The summed E-state index contributed by atoms with van der Waals surface area (Å²) < 4.78 is 4.84. The van der Waals surface area contributed by atoms with Gasteiger partial charge in [-0.2, -0.15) is 0 Å². The second-order valence-corrected chi connectivity index (χ2v) is 4.78. The number of esters is 1. The average molecular weight is 311 g/mol. The van der Waals surface area contributed by atoms with Gasteiger partial charge in [-0.15, -0.1) is 6.58 Å². The molecular weight excluding hydrogens is 292 g/mol. The summed E-state index contributed by atoms with van der Waals surface area (Å²) >= 11 is 6.01. The van der Waals surface area contributed by atoms with Crippen molar-refractivity contribution in [1.29, 1.82) is 0 Å². The molecule has 0 aromatic heterocycles. The maximum Gasteiger partial charge on any atom is 0.325 e. The van der Waals surface area contributed by atoms with Gasteiger partial charge in [0.2, 0.25) is 0 Å². The topological polar surface area (TPSA) is 58.6 Å². The van der Waals surface area contributed by atoms with Crippen LogP contribution in [-0.4, -0.2) is 36.6 Å². The molecule has 2 amide bonds. The number of nitrogens with zero attached hydrogens (tertiary/aromatic N) is 1. The third kappa shape index (κ3) is 5.47. The highest BCUT2D eigenvalue weighted by atomic mass is 35.5. The normalized spacial score (nSPS) is 9.86. The number of aryl methyl sites for hydroxylation is 1. The van der Waals surface area contributed by atoms with Crippen molar-refractivity contribution >= 4 is 29.3 Å². The smallest absolute Gasteiger partial charge is 0.325 e. The first-order valence-corrected chi connectivity index (χ1v) is 6.94. The molecule has 0 saturated heterocycles. The molecule has 0 atom stereocenters. The zero-order chi connectivity index (χ0) is 15.8. The summed E-state index contributed by atoms with van der Waals surface area (Å²) in [4.78, 5) is 24.9. The number of anilines is 1. The molecule has 1 aromatic rings.